The summed E-state index contributed by atoms with van der Waals surface area (Å²) >= 11 is 1.26. The van der Waals surface area contributed by atoms with Crippen molar-refractivity contribution in [1.29, 1.82) is 0 Å². The normalized spacial score (nSPS) is 10.9. The van der Waals surface area contributed by atoms with Gasteiger partial charge in [-0.05, 0) is 17.7 Å². The van der Waals surface area contributed by atoms with Gasteiger partial charge in [0.1, 0.15) is 17.2 Å². The molecule has 0 spiro atoms. The Labute approximate surface area is 155 Å². The number of benzene rings is 2. The van der Waals surface area contributed by atoms with E-state index in [1.807, 2.05) is 30.3 Å². The summed E-state index contributed by atoms with van der Waals surface area (Å²) in [5.74, 6) is -2.38. The third kappa shape index (κ3) is 3.11. The molecule has 27 heavy (non-hydrogen) atoms. The summed E-state index contributed by atoms with van der Waals surface area (Å²) < 4.78 is 28.4. The number of carbonyl (C=O) groups excluding carboxylic acids is 1. The smallest absolute Gasteiger partial charge is 0.271 e. The van der Waals surface area contributed by atoms with Gasteiger partial charge in [0.25, 0.3) is 11.5 Å². The van der Waals surface area contributed by atoms with Crippen LogP contribution < -0.4 is 10.9 Å². The maximum atomic E-state index is 13.8. The first kappa shape index (κ1) is 17.0. The van der Waals surface area contributed by atoms with E-state index in [0.29, 0.717) is 10.7 Å². The van der Waals surface area contributed by atoms with Crippen molar-refractivity contribution in [2.24, 2.45) is 0 Å². The van der Waals surface area contributed by atoms with Gasteiger partial charge in [-0.2, -0.15) is 0 Å². The van der Waals surface area contributed by atoms with E-state index in [-0.39, 0.29) is 11.3 Å². The molecule has 0 aliphatic carbocycles. The van der Waals surface area contributed by atoms with E-state index in [9.17, 15) is 18.4 Å². The van der Waals surface area contributed by atoms with Gasteiger partial charge in [-0.15, -0.1) is 11.3 Å². The molecule has 0 atom stereocenters. The second-order valence-electron chi connectivity index (χ2n) is 5.66. The van der Waals surface area contributed by atoms with Gasteiger partial charge in [0.2, 0.25) is 0 Å². The van der Waals surface area contributed by atoms with Crippen LogP contribution in [0.1, 0.15) is 10.4 Å². The quantitative estimate of drug-likeness (QED) is 0.583. The third-order valence-electron chi connectivity index (χ3n) is 3.94. The van der Waals surface area contributed by atoms with Crippen LogP contribution in [-0.2, 0) is 0 Å². The molecule has 2 heterocycles. The standard InChI is InChI=1S/C19H11F2N3O2S/c20-12-6-7-14(21)15(8-12)23-17(25)13-9-22-19-24(18(13)26)16(10-27-19)11-4-2-1-3-5-11/h1-10H,(H,23,25). The Bertz CT molecular complexity index is 1220. The van der Waals surface area contributed by atoms with Crippen molar-refractivity contribution >= 4 is 27.9 Å². The summed E-state index contributed by atoms with van der Waals surface area (Å²) in [7, 11) is 0. The van der Waals surface area contributed by atoms with Crippen molar-refractivity contribution in [1.82, 2.24) is 9.38 Å². The van der Waals surface area contributed by atoms with E-state index in [0.717, 1.165) is 30.0 Å². The molecule has 0 fully saturated rings. The van der Waals surface area contributed by atoms with Crippen LogP contribution in [0.5, 0.6) is 0 Å². The molecule has 0 radical (unpaired) electrons. The Hall–Kier alpha value is -3.39. The summed E-state index contributed by atoms with van der Waals surface area (Å²) in [6.45, 7) is 0. The first-order valence-corrected chi connectivity index (χ1v) is 8.73. The van der Waals surface area contributed by atoms with Gasteiger partial charge in [0.15, 0.2) is 4.96 Å². The molecule has 4 rings (SSSR count). The lowest BCUT2D eigenvalue weighted by atomic mass is 10.2. The highest BCUT2D eigenvalue weighted by Gasteiger charge is 2.18. The minimum atomic E-state index is -0.864. The number of halogens is 2. The molecule has 1 amide bonds. The lowest BCUT2D eigenvalue weighted by Crippen LogP contribution is -2.26. The Morgan fingerprint density at radius 2 is 1.89 bits per heavy atom. The number of nitrogens with zero attached hydrogens (tertiary/aromatic N) is 2. The molecule has 4 aromatic rings. The molecular formula is C19H11F2N3O2S. The number of thiazole rings is 1. The van der Waals surface area contributed by atoms with Crippen molar-refractivity contribution in [2.75, 3.05) is 5.32 Å². The Morgan fingerprint density at radius 1 is 1.11 bits per heavy atom. The molecule has 2 aromatic heterocycles. The van der Waals surface area contributed by atoms with Gasteiger partial charge in [-0.3, -0.25) is 14.0 Å². The van der Waals surface area contributed by atoms with Crippen LogP contribution >= 0.6 is 11.3 Å². The zero-order valence-corrected chi connectivity index (χ0v) is 14.5. The molecule has 134 valence electrons. The fraction of sp³-hybridized carbons (Fsp3) is 0. The van der Waals surface area contributed by atoms with Crippen LogP contribution in [0.2, 0.25) is 0 Å². The van der Waals surface area contributed by atoms with Gasteiger partial charge in [-0.1, -0.05) is 30.3 Å². The maximum Gasteiger partial charge on any atom is 0.271 e. The van der Waals surface area contributed by atoms with Crippen molar-refractivity contribution in [2.45, 2.75) is 0 Å². The molecule has 0 aliphatic rings. The first-order chi connectivity index (χ1) is 13.0. The highest BCUT2D eigenvalue weighted by Crippen LogP contribution is 2.24. The maximum absolute atomic E-state index is 13.8. The van der Waals surface area contributed by atoms with Crippen LogP contribution in [0.25, 0.3) is 16.2 Å². The Kier molecular flexibility index (Phi) is 4.25. The highest BCUT2D eigenvalue weighted by atomic mass is 32.1. The molecule has 2 aromatic carbocycles. The lowest BCUT2D eigenvalue weighted by Gasteiger charge is -2.07. The van der Waals surface area contributed by atoms with E-state index in [1.165, 1.54) is 15.7 Å². The predicted molar refractivity (Wildman–Crippen MR) is 99.1 cm³/mol. The zero-order chi connectivity index (χ0) is 19.0. The Balaban J connectivity index is 1.79. The highest BCUT2D eigenvalue weighted by molar-refractivity contribution is 7.15. The molecule has 0 bridgehead atoms. The number of aromatic nitrogens is 2. The zero-order valence-electron chi connectivity index (χ0n) is 13.6. The largest absolute Gasteiger partial charge is 0.319 e. The summed E-state index contributed by atoms with van der Waals surface area (Å²) in [5.41, 5.74) is 0.181. The first-order valence-electron chi connectivity index (χ1n) is 7.85. The van der Waals surface area contributed by atoms with Crippen molar-refractivity contribution in [3.63, 3.8) is 0 Å². The van der Waals surface area contributed by atoms with E-state index in [1.54, 1.807) is 5.38 Å². The van der Waals surface area contributed by atoms with Gasteiger partial charge in [-0.25, -0.2) is 13.8 Å². The number of fused-ring (bicyclic) bond motifs is 1. The van der Waals surface area contributed by atoms with Crippen molar-refractivity contribution in [3.05, 3.63) is 87.7 Å². The second-order valence-corrected chi connectivity index (χ2v) is 6.50. The van der Waals surface area contributed by atoms with E-state index in [2.05, 4.69) is 10.3 Å². The van der Waals surface area contributed by atoms with Crippen molar-refractivity contribution < 1.29 is 13.6 Å². The van der Waals surface area contributed by atoms with Gasteiger partial charge in [0.05, 0.1) is 11.4 Å². The molecular weight excluding hydrogens is 372 g/mol. The Morgan fingerprint density at radius 3 is 2.67 bits per heavy atom. The number of amides is 1. The summed E-state index contributed by atoms with van der Waals surface area (Å²) in [6, 6.07) is 11.9. The van der Waals surface area contributed by atoms with Crippen LogP contribution in [0, 0.1) is 11.6 Å². The number of rotatable bonds is 3. The van der Waals surface area contributed by atoms with Gasteiger partial charge < -0.3 is 5.32 Å². The summed E-state index contributed by atoms with van der Waals surface area (Å²) in [5, 5.41) is 3.99. The topological polar surface area (TPSA) is 63.5 Å². The SMILES string of the molecule is O=C(Nc1cc(F)ccc1F)c1cnc2scc(-c3ccccc3)n2c1=O. The summed E-state index contributed by atoms with van der Waals surface area (Å²) in [4.78, 5) is 29.9. The van der Waals surface area contributed by atoms with Gasteiger partial charge in [0, 0.05) is 17.6 Å². The third-order valence-corrected chi connectivity index (χ3v) is 4.78. The monoisotopic (exact) mass is 383 g/mol. The lowest BCUT2D eigenvalue weighted by molar-refractivity contribution is 0.102. The molecule has 0 saturated heterocycles. The van der Waals surface area contributed by atoms with Gasteiger partial charge >= 0.3 is 0 Å². The van der Waals surface area contributed by atoms with E-state index >= 15 is 0 Å². The van der Waals surface area contributed by atoms with Crippen LogP contribution in [-0.4, -0.2) is 15.3 Å². The summed E-state index contributed by atoms with van der Waals surface area (Å²) in [6.07, 6.45) is 1.13. The van der Waals surface area contributed by atoms with Crippen LogP contribution in [0.15, 0.2) is 64.9 Å². The molecule has 8 heteroatoms. The van der Waals surface area contributed by atoms with Crippen molar-refractivity contribution in [3.8, 4) is 11.3 Å². The average Bonchev–Trinajstić information content (AvgIpc) is 3.11. The minimum Gasteiger partial charge on any atom is -0.319 e. The van der Waals surface area contributed by atoms with E-state index < -0.39 is 23.1 Å². The molecule has 0 aliphatic heterocycles. The van der Waals surface area contributed by atoms with Crippen LogP contribution in [0.3, 0.4) is 0 Å². The predicted octanol–water partition coefficient (Wildman–Crippen LogP) is 3.95. The number of carbonyl (C=O) groups is 1. The molecule has 0 saturated carbocycles. The number of hydrogen-bond donors (Lipinski definition) is 1. The molecule has 0 unspecified atom stereocenters. The number of hydrogen-bond acceptors (Lipinski definition) is 4. The van der Waals surface area contributed by atoms with E-state index in [4.69, 9.17) is 0 Å². The number of nitrogens with one attached hydrogen (secondary N) is 1. The fourth-order valence-corrected chi connectivity index (χ4v) is 3.50. The molecule has 5 nitrogen and oxygen atoms in total. The fourth-order valence-electron chi connectivity index (χ4n) is 2.64. The minimum absolute atomic E-state index is 0.272. The second kappa shape index (κ2) is 6.73. The van der Waals surface area contributed by atoms with Crippen LogP contribution in [0.4, 0.5) is 14.5 Å². The average molecular weight is 383 g/mol. The molecule has 1 N–H and O–H groups in total. The number of anilines is 1.